The molecule has 2 nitrogen and oxygen atoms in total. The number of nitrogens with one attached hydrogen (secondary N) is 1. The molecule has 2 aromatic rings. The lowest BCUT2D eigenvalue weighted by atomic mass is 10.0. The average Bonchev–Trinajstić information content (AvgIpc) is 2.49. The topological polar surface area (TPSA) is 21.3 Å². The molecule has 0 aliphatic carbocycles. The van der Waals surface area contributed by atoms with Gasteiger partial charge in [0.15, 0.2) is 0 Å². The summed E-state index contributed by atoms with van der Waals surface area (Å²) in [6.07, 6.45) is 0. The van der Waals surface area contributed by atoms with Crippen LogP contribution < -0.4 is 10.1 Å². The van der Waals surface area contributed by atoms with E-state index in [4.69, 9.17) is 4.74 Å². The molecule has 0 aromatic heterocycles. The summed E-state index contributed by atoms with van der Waals surface area (Å²) in [7, 11) is 1.69. The Hall–Kier alpha value is -1.13. The molecule has 4 heteroatoms. The summed E-state index contributed by atoms with van der Waals surface area (Å²) in [5, 5.41) is 3.62. The largest absolute Gasteiger partial charge is 0.495 e. The van der Waals surface area contributed by atoms with Gasteiger partial charge in [0, 0.05) is 23.3 Å². The maximum atomic E-state index is 5.35. The highest BCUT2D eigenvalue weighted by molar-refractivity contribution is 9.10. The first kappa shape index (κ1) is 13.8. The number of thioether (sulfide) groups is 1. The lowest BCUT2D eigenvalue weighted by molar-refractivity contribution is 0.412. The van der Waals surface area contributed by atoms with E-state index in [1.54, 1.807) is 7.11 Å². The Balaban J connectivity index is 1.85. The van der Waals surface area contributed by atoms with Crippen molar-refractivity contribution in [3.05, 3.63) is 58.1 Å². The maximum Gasteiger partial charge on any atom is 0.135 e. The second kappa shape index (κ2) is 6.10. The Morgan fingerprint density at radius 3 is 2.95 bits per heavy atom. The van der Waals surface area contributed by atoms with Crippen molar-refractivity contribution in [1.82, 2.24) is 0 Å². The minimum absolute atomic E-state index is 0.357. The third kappa shape index (κ3) is 2.81. The van der Waals surface area contributed by atoms with Crippen molar-refractivity contribution < 1.29 is 4.74 Å². The normalized spacial score (nSPS) is 17.4. The smallest absolute Gasteiger partial charge is 0.135 e. The van der Waals surface area contributed by atoms with Crippen LogP contribution in [0, 0.1) is 0 Å². The van der Waals surface area contributed by atoms with Crippen molar-refractivity contribution in [2.75, 3.05) is 18.2 Å². The lowest BCUT2D eigenvalue weighted by Crippen LogP contribution is -2.18. The molecule has 0 saturated carbocycles. The maximum absolute atomic E-state index is 5.35. The first-order valence-electron chi connectivity index (χ1n) is 6.53. The molecule has 1 aliphatic heterocycles. The number of halogens is 1. The second-order valence-electron chi connectivity index (χ2n) is 4.76. The fourth-order valence-electron chi connectivity index (χ4n) is 2.45. The Kier molecular flexibility index (Phi) is 4.22. The summed E-state index contributed by atoms with van der Waals surface area (Å²) in [6, 6.07) is 15.2. The summed E-state index contributed by atoms with van der Waals surface area (Å²) in [4.78, 5) is 0. The van der Waals surface area contributed by atoms with Crippen molar-refractivity contribution in [2.24, 2.45) is 0 Å². The van der Waals surface area contributed by atoms with Crippen LogP contribution in [0.3, 0.4) is 0 Å². The zero-order valence-corrected chi connectivity index (χ0v) is 13.6. The van der Waals surface area contributed by atoms with Crippen LogP contribution in [-0.2, 0) is 5.75 Å². The lowest BCUT2D eigenvalue weighted by Gasteiger charge is -2.27. The van der Waals surface area contributed by atoms with Gasteiger partial charge in [-0.1, -0.05) is 24.3 Å². The molecule has 0 bridgehead atoms. The van der Waals surface area contributed by atoms with E-state index >= 15 is 0 Å². The van der Waals surface area contributed by atoms with E-state index < -0.39 is 0 Å². The summed E-state index contributed by atoms with van der Waals surface area (Å²) in [5.74, 6) is 3.06. The van der Waals surface area contributed by atoms with Crippen LogP contribution in [-0.4, -0.2) is 12.9 Å². The monoisotopic (exact) mass is 349 g/mol. The number of anilines is 1. The molecule has 1 heterocycles. The molecular formula is C16H16BrNOS. The summed E-state index contributed by atoms with van der Waals surface area (Å²) < 4.78 is 6.33. The number of ether oxygens (including phenoxy) is 1. The van der Waals surface area contributed by atoms with Gasteiger partial charge in [-0.2, -0.15) is 11.8 Å². The van der Waals surface area contributed by atoms with Crippen LogP contribution in [0.1, 0.15) is 17.2 Å². The quantitative estimate of drug-likeness (QED) is 0.854. The molecule has 1 atom stereocenters. The van der Waals surface area contributed by atoms with Gasteiger partial charge in [0.25, 0.3) is 0 Å². The molecule has 0 fully saturated rings. The van der Waals surface area contributed by atoms with Gasteiger partial charge in [-0.05, 0) is 39.2 Å². The van der Waals surface area contributed by atoms with Gasteiger partial charge in [-0.15, -0.1) is 0 Å². The molecule has 2 aromatic carbocycles. The Bertz CT molecular complexity index is 617. The van der Waals surface area contributed by atoms with Gasteiger partial charge in [-0.3, -0.25) is 0 Å². The third-order valence-corrected chi connectivity index (χ3v) is 5.20. The van der Waals surface area contributed by atoms with E-state index in [0.717, 1.165) is 27.4 Å². The molecule has 1 N–H and O–H groups in total. The van der Waals surface area contributed by atoms with Crippen LogP contribution in [0.15, 0.2) is 46.9 Å². The minimum Gasteiger partial charge on any atom is -0.495 e. The van der Waals surface area contributed by atoms with Crippen LogP contribution in [0.4, 0.5) is 5.69 Å². The molecule has 3 rings (SSSR count). The third-order valence-electron chi connectivity index (χ3n) is 3.46. The first-order chi connectivity index (χ1) is 9.78. The van der Waals surface area contributed by atoms with E-state index in [2.05, 4.69) is 51.6 Å². The van der Waals surface area contributed by atoms with Gasteiger partial charge in [0.2, 0.25) is 0 Å². The second-order valence-corrected chi connectivity index (χ2v) is 6.64. The number of methoxy groups -OCH3 is 1. The molecule has 0 saturated heterocycles. The van der Waals surface area contributed by atoms with E-state index in [0.29, 0.717) is 6.04 Å². The van der Waals surface area contributed by atoms with Crippen molar-refractivity contribution in [1.29, 1.82) is 0 Å². The molecule has 1 unspecified atom stereocenters. The standard InChI is InChI=1S/C16H16BrNOS/c1-19-16-8-12(6-7-14(16)17)18-15-10-20-9-11-4-2-3-5-13(11)15/h2-8,15,18H,9-10H2,1H3. The predicted molar refractivity (Wildman–Crippen MR) is 89.7 cm³/mol. The molecule has 0 radical (unpaired) electrons. The fraction of sp³-hybridized carbons (Fsp3) is 0.250. The van der Waals surface area contributed by atoms with Gasteiger partial charge in [-0.25, -0.2) is 0 Å². The number of rotatable bonds is 3. The molecule has 0 spiro atoms. The minimum atomic E-state index is 0.357. The van der Waals surface area contributed by atoms with Crippen LogP contribution in [0.5, 0.6) is 5.75 Å². The Labute approximate surface area is 132 Å². The Morgan fingerprint density at radius 1 is 1.25 bits per heavy atom. The molecule has 0 amide bonds. The first-order valence-corrected chi connectivity index (χ1v) is 8.48. The van der Waals surface area contributed by atoms with Crippen LogP contribution in [0.25, 0.3) is 0 Å². The molecule has 1 aliphatic rings. The highest BCUT2D eigenvalue weighted by Crippen LogP contribution is 2.35. The predicted octanol–water partition coefficient (Wildman–Crippen LogP) is 4.86. The van der Waals surface area contributed by atoms with Gasteiger partial charge < -0.3 is 10.1 Å². The van der Waals surface area contributed by atoms with Crippen LogP contribution in [0.2, 0.25) is 0 Å². The van der Waals surface area contributed by atoms with Gasteiger partial charge >= 0.3 is 0 Å². The molecular weight excluding hydrogens is 334 g/mol. The van der Waals surface area contributed by atoms with Crippen molar-refractivity contribution in [3.8, 4) is 5.75 Å². The summed E-state index contributed by atoms with van der Waals surface area (Å²) >= 11 is 5.46. The Morgan fingerprint density at radius 2 is 2.10 bits per heavy atom. The summed E-state index contributed by atoms with van der Waals surface area (Å²) in [5.41, 5.74) is 3.94. The number of benzene rings is 2. The molecule has 20 heavy (non-hydrogen) atoms. The van der Waals surface area contributed by atoms with Crippen molar-refractivity contribution >= 4 is 33.4 Å². The highest BCUT2D eigenvalue weighted by Gasteiger charge is 2.20. The number of fused-ring (bicyclic) bond motifs is 1. The van der Waals surface area contributed by atoms with Crippen molar-refractivity contribution in [3.63, 3.8) is 0 Å². The van der Waals surface area contributed by atoms with Crippen molar-refractivity contribution in [2.45, 2.75) is 11.8 Å². The van der Waals surface area contributed by atoms with Gasteiger partial charge in [0.05, 0.1) is 17.6 Å². The van der Waals surface area contributed by atoms with Crippen LogP contribution >= 0.6 is 27.7 Å². The zero-order chi connectivity index (χ0) is 13.9. The zero-order valence-electron chi connectivity index (χ0n) is 11.2. The average molecular weight is 350 g/mol. The number of hydrogen-bond acceptors (Lipinski definition) is 3. The molecule has 104 valence electrons. The van der Waals surface area contributed by atoms with E-state index in [-0.39, 0.29) is 0 Å². The summed E-state index contributed by atoms with van der Waals surface area (Å²) in [6.45, 7) is 0. The van der Waals surface area contributed by atoms with Gasteiger partial charge in [0.1, 0.15) is 5.75 Å². The fourth-order valence-corrected chi connectivity index (χ4v) is 3.96. The highest BCUT2D eigenvalue weighted by atomic mass is 79.9. The van der Waals surface area contributed by atoms with E-state index in [1.807, 2.05) is 23.9 Å². The number of hydrogen-bond donors (Lipinski definition) is 1. The van der Waals surface area contributed by atoms with E-state index in [9.17, 15) is 0 Å². The SMILES string of the molecule is COc1cc(NC2CSCc3ccccc32)ccc1Br. The van der Waals surface area contributed by atoms with E-state index in [1.165, 1.54) is 11.1 Å².